The smallest absolute Gasteiger partial charge is 0.0669 e. The van der Waals surface area contributed by atoms with Gasteiger partial charge in [-0.25, -0.2) is 0 Å². The minimum absolute atomic E-state index is 0.500. The minimum atomic E-state index is 0.500. The zero-order valence-corrected chi connectivity index (χ0v) is 7.17. The summed E-state index contributed by atoms with van der Waals surface area (Å²) in [5.74, 6) is 0. The van der Waals surface area contributed by atoms with Crippen molar-refractivity contribution in [3.8, 4) is 6.07 Å². The monoisotopic (exact) mass is 160 g/mol. The Kier molecular flexibility index (Phi) is 3.31. The Bertz CT molecular complexity index is 269. The second-order valence-corrected chi connectivity index (χ2v) is 2.68. The Morgan fingerprint density at radius 1 is 1.25 bits per heavy atom. The highest BCUT2D eigenvalue weighted by Gasteiger charge is 1.92. The van der Waals surface area contributed by atoms with Crippen LogP contribution in [-0.4, -0.2) is 7.05 Å². The van der Waals surface area contributed by atoms with Gasteiger partial charge in [-0.2, -0.15) is 5.26 Å². The molecule has 0 atom stereocenters. The highest BCUT2D eigenvalue weighted by molar-refractivity contribution is 5.24. The van der Waals surface area contributed by atoms with Gasteiger partial charge in [0.2, 0.25) is 0 Å². The lowest BCUT2D eigenvalue weighted by Gasteiger charge is -1.99. The molecule has 0 aliphatic carbocycles. The van der Waals surface area contributed by atoms with Gasteiger partial charge < -0.3 is 5.32 Å². The third kappa shape index (κ3) is 2.37. The number of benzene rings is 1. The van der Waals surface area contributed by atoms with Gasteiger partial charge in [0, 0.05) is 6.54 Å². The van der Waals surface area contributed by atoms with Crippen LogP contribution in [0.1, 0.15) is 11.1 Å². The van der Waals surface area contributed by atoms with Crippen molar-refractivity contribution in [3.05, 3.63) is 35.4 Å². The average molecular weight is 160 g/mol. The van der Waals surface area contributed by atoms with Gasteiger partial charge in [-0.1, -0.05) is 24.3 Å². The van der Waals surface area contributed by atoms with Crippen molar-refractivity contribution >= 4 is 0 Å². The molecule has 2 heteroatoms. The van der Waals surface area contributed by atoms with Crippen molar-refractivity contribution in [2.75, 3.05) is 7.05 Å². The van der Waals surface area contributed by atoms with Crippen molar-refractivity contribution in [1.29, 1.82) is 5.26 Å². The zero-order chi connectivity index (χ0) is 8.81. The highest BCUT2D eigenvalue weighted by Crippen LogP contribution is 2.04. The van der Waals surface area contributed by atoms with E-state index in [1.807, 2.05) is 31.3 Å². The lowest BCUT2D eigenvalue weighted by atomic mass is 10.1. The predicted molar refractivity (Wildman–Crippen MR) is 48.5 cm³/mol. The summed E-state index contributed by atoms with van der Waals surface area (Å²) in [6.45, 7) is 0.882. The van der Waals surface area contributed by atoms with Gasteiger partial charge in [-0.3, -0.25) is 0 Å². The molecule has 1 aromatic carbocycles. The summed E-state index contributed by atoms with van der Waals surface area (Å²) in [7, 11) is 1.92. The van der Waals surface area contributed by atoms with Crippen molar-refractivity contribution in [2.24, 2.45) is 0 Å². The molecular weight excluding hydrogens is 148 g/mol. The Morgan fingerprint density at radius 2 is 1.83 bits per heavy atom. The molecule has 1 N–H and O–H groups in total. The lowest BCUT2D eigenvalue weighted by Crippen LogP contribution is -2.04. The molecule has 62 valence electrons. The van der Waals surface area contributed by atoms with Crippen molar-refractivity contribution in [2.45, 2.75) is 13.0 Å². The summed E-state index contributed by atoms with van der Waals surface area (Å²) in [6, 6.07) is 10.2. The molecule has 0 fully saturated rings. The molecule has 2 nitrogen and oxygen atoms in total. The number of nitriles is 1. The second kappa shape index (κ2) is 4.53. The predicted octanol–water partition coefficient (Wildman–Crippen LogP) is 1.47. The number of nitrogens with one attached hydrogen (secondary N) is 1. The average Bonchev–Trinajstić information content (AvgIpc) is 2.09. The molecule has 0 spiro atoms. The van der Waals surface area contributed by atoms with Crippen LogP contribution < -0.4 is 5.32 Å². The van der Waals surface area contributed by atoms with E-state index in [1.165, 1.54) is 5.56 Å². The summed E-state index contributed by atoms with van der Waals surface area (Å²) < 4.78 is 0. The van der Waals surface area contributed by atoms with Gasteiger partial charge in [0.25, 0.3) is 0 Å². The lowest BCUT2D eigenvalue weighted by molar-refractivity contribution is 0.817. The van der Waals surface area contributed by atoms with Crippen LogP contribution in [-0.2, 0) is 13.0 Å². The van der Waals surface area contributed by atoms with Crippen LogP contribution in [0.25, 0.3) is 0 Å². The molecule has 0 unspecified atom stereocenters. The fraction of sp³-hybridized carbons (Fsp3) is 0.300. The Balaban J connectivity index is 2.66. The van der Waals surface area contributed by atoms with E-state index in [2.05, 4.69) is 11.4 Å². The molecule has 0 bridgehead atoms. The zero-order valence-electron chi connectivity index (χ0n) is 7.17. The fourth-order valence-corrected chi connectivity index (χ4v) is 1.07. The Labute approximate surface area is 72.8 Å². The van der Waals surface area contributed by atoms with E-state index < -0.39 is 0 Å². The summed E-state index contributed by atoms with van der Waals surface area (Å²) in [4.78, 5) is 0. The first kappa shape index (κ1) is 8.76. The van der Waals surface area contributed by atoms with Crippen molar-refractivity contribution in [3.63, 3.8) is 0 Å². The Hall–Kier alpha value is -1.33. The SMILES string of the molecule is CNCc1ccc(CC#N)cc1. The van der Waals surface area contributed by atoms with E-state index in [9.17, 15) is 0 Å². The van der Waals surface area contributed by atoms with Crippen LogP contribution >= 0.6 is 0 Å². The highest BCUT2D eigenvalue weighted by atomic mass is 14.8. The van der Waals surface area contributed by atoms with E-state index in [1.54, 1.807) is 0 Å². The quantitative estimate of drug-likeness (QED) is 0.726. The van der Waals surface area contributed by atoms with Crippen molar-refractivity contribution < 1.29 is 0 Å². The second-order valence-electron chi connectivity index (χ2n) is 2.68. The standard InChI is InChI=1S/C10H12N2/c1-12-8-10-4-2-9(3-5-10)6-7-11/h2-5,12H,6,8H2,1H3. The minimum Gasteiger partial charge on any atom is -0.316 e. The number of hydrogen-bond donors (Lipinski definition) is 1. The van der Waals surface area contributed by atoms with Gasteiger partial charge in [0.05, 0.1) is 12.5 Å². The largest absolute Gasteiger partial charge is 0.316 e. The summed E-state index contributed by atoms with van der Waals surface area (Å²) >= 11 is 0. The topological polar surface area (TPSA) is 35.8 Å². The van der Waals surface area contributed by atoms with Crippen molar-refractivity contribution in [1.82, 2.24) is 5.32 Å². The van der Waals surface area contributed by atoms with Gasteiger partial charge in [0.1, 0.15) is 0 Å². The number of nitrogens with zero attached hydrogens (tertiary/aromatic N) is 1. The molecule has 0 aromatic heterocycles. The van der Waals surface area contributed by atoms with Crippen LogP contribution in [0.3, 0.4) is 0 Å². The molecule has 12 heavy (non-hydrogen) atoms. The molecule has 0 radical (unpaired) electrons. The van der Waals surface area contributed by atoms with Crippen LogP contribution in [0.15, 0.2) is 24.3 Å². The molecule has 0 heterocycles. The Morgan fingerprint density at radius 3 is 2.33 bits per heavy atom. The first-order chi connectivity index (χ1) is 5.86. The summed E-state index contributed by atoms with van der Waals surface area (Å²) in [5, 5.41) is 11.5. The van der Waals surface area contributed by atoms with Crippen LogP contribution in [0.4, 0.5) is 0 Å². The molecule has 1 rings (SSSR count). The van der Waals surface area contributed by atoms with E-state index in [-0.39, 0.29) is 0 Å². The van der Waals surface area contributed by atoms with Crippen LogP contribution in [0.2, 0.25) is 0 Å². The fourth-order valence-electron chi connectivity index (χ4n) is 1.07. The van der Waals surface area contributed by atoms with E-state index in [0.717, 1.165) is 12.1 Å². The van der Waals surface area contributed by atoms with Gasteiger partial charge >= 0.3 is 0 Å². The maximum atomic E-state index is 8.43. The van der Waals surface area contributed by atoms with Crippen LogP contribution in [0.5, 0.6) is 0 Å². The number of rotatable bonds is 3. The van der Waals surface area contributed by atoms with Gasteiger partial charge in [-0.05, 0) is 18.2 Å². The first-order valence-corrected chi connectivity index (χ1v) is 3.96. The molecule has 0 saturated heterocycles. The normalized spacial score (nSPS) is 9.33. The molecule has 0 aliphatic rings. The van der Waals surface area contributed by atoms with E-state index in [0.29, 0.717) is 6.42 Å². The first-order valence-electron chi connectivity index (χ1n) is 3.96. The maximum Gasteiger partial charge on any atom is 0.0669 e. The molecule has 0 saturated carbocycles. The third-order valence-electron chi connectivity index (χ3n) is 1.69. The van der Waals surface area contributed by atoms with Gasteiger partial charge in [-0.15, -0.1) is 0 Å². The number of hydrogen-bond acceptors (Lipinski definition) is 2. The van der Waals surface area contributed by atoms with Gasteiger partial charge in [0.15, 0.2) is 0 Å². The molecule has 0 aliphatic heterocycles. The molecule has 0 amide bonds. The third-order valence-corrected chi connectivity index (χ3v) is 1.69. The van der Waals surface area contributed by atoms with Crippen LogP contribution in [0, 0.1) is 11.3 Å². The summed E-state index contributed by atoms with van der Waals surface area (Å²) in [6.07, 6.45) is 0.500. The summed E-state index contributed by atoms with van der Waals surface area (Å²) in [5.41, 5.74) is 2.33. The maximum absolute atomic E-state index is 8.43. The van der Waals surface area contributed by atoms with E-state index in [4.69, 9.17) is 5.26 Å². The van der Waals surface area contributed by atoms with E-state index >= 15 is 0 Å². The molecular formula is C10H12N2. The molecule has 1 aromatic rings.